The Balaban J connectivity index is 2.00. The minimum absolute atomic E-state index is 0.216. The molecule has 0 atom stereocenters. The maximum Gasteiger partial charge on any atom is 0.176 e. The van der Waals surface area contributed by atoms with Gasteiger partial charge in [0, 0.05) is 13.2 Å². The number of nitrogens with zero attached hydrogens (tertiary/aromatic N) is 2. The second-order valence-electron chi connectivity index (χ2n) is 5.03. The number of benzene rings is 1. The van der Waals surface area contributed by atoms with Gasteiger partial charge in [-0.3, -0.25) is 9.48 Å². The standard InChI is InChI=1S/C15H16N2O/c1-17-11-12(10-16-17)14(18)15(8-5-9-15)13-6-3-2-4-7-13/h2-4,6-7,10-11H,5,8-9H2,1H3. The van der Waals surface area contributed by atoms with Crippen molar-refractivity contribution in [2.24, 2.45) is 7.05 Å². The van der Waals surface area contributed by atoms with Crippen LogP contribution in [0, 0.1) is 0 Å². The molecule has 0 bridgehead atoms. The first-order valence-corrected chi connectivity index (χ1v) is 6.31. The van der Waals surface area contributed by atoms with Crippen LogP contribution in [0.2, 0.25) is 0 Å². The van der Waals surface area contributed by atoms with Gasteiger partial charge in [-0.1, -0.05) is 36.8 Å². The number of hydrogen-bond donors (Lipinski definition) is 0. The molecule has 1 heterocycles. The Morgan fingerprint density at radius 1 is 1.28 bits per heavy atom. The summed E-state index contributed by atoms with van der Waals surface area (Å²) in [5.74, 6) is 0.216. The third-order valence-corrected chi connectivity index (χ3v) is 3.94. The topological polar surface area (TPSA) is 34.9 Å². The lowest BCUT2D eigenvalue weighted by molar-refractivity contribution is 0.0789. The summed E-state index contributed by atoms with van der Waals surface area (Å²) in [6.45, 7) is 0. The van der Waals surface area contributed by atoms with E-state index in [0.717, 1.165) is 30.4 Å². The summed E-state index contributed by atoms with van der Waals surface area (Å²) in [5.41, 5.74) is 1.57. The number of Topliss-reactive ketones (excluding diaryl/α,β-unsaturated/α-hetero) is 1. The highest BCUT2D eigenvalue weighted by Crippen LogP contribution is 2.45. The van der Waals surface area contributed by atoms with Crippen molar-refractivity contribution in [2.75, 3.05) is 0 Å². The molecule has 0 amide bonds. The number of rotatable bonds is 3. The van der Waals surface area contributed by atoms with Crippen molar-refractivity contribution in [2.45, 2.75) is 24.7 Å². The molecule has 0 saturated heterocycles. The van der Waals surface area contributed by atoms with Crippen molar-refractivity contribution >= 4 is 5.78 Å². The fraction of sp³-hybridized carbons (Fsp3) is 0.333. The predicted octanol–water partition coefficient (Wildman–Crippen LogP) is 2.72. The molecule has 1 aromatic carbocycles. The molecule has 0 unspecified atom stereocenters. The fourth-order valence-electron chi connectivity index (χ4n) is 2.75. The lowest BCUT2D eigenvalue weighted by atomic mass is 9.61. The first-order chi connectivity index (χ1) is 8.72. The number of aryl methyl sites for hydroxylation is 1. The quantitative estimate of drug-likeness (QED) is 0.773. The van der Waals surface area contributed by atoms with Crippen molar-refractivity contribution in [1.82, 2.24) is 9.78 Å². The molecular formula is C15H16N2O. The Morgan fingerprint density at radius 2 is 2.00 bits per heavy atom. The molecule has 2 aromatic rings. The molecule has 18 heavy (non-hydrogen) atoms. The SMILES string of the molecule is Cn1cc(C(=O)C2(c3ccccc3)CCC2)cn1. The molecule has 0 radical (unpaired) electrons. The molecule has 3 heteroatoms. The van der Waals surface area contributed by atoms with Crippen LogP contribution in [0.3, 0.4) is 0 Å². The van der Waals surface area contributed by atoms with Gasteiger partial charge in [-0.15, -0.1) is 0 Å². The van der Waals surface area contributed by atoms with Gasteiger partial charge in [-0.05, 0) is 18.4 Å². The molecule has 0 N–H and O–H groups in total. The average molecular weight is 240 g/mol. The van der Waals surface area contributed by atoms with Gasteiger partial charge in [-0.25, -0.2) is 0 Å². The summed E-state index contributed by atoms with van der Waals surface area (Å²) >= 11 is 0. The summed E-state index contributed by atoms with van der Waals surface area (Å²) in [4.78, 5) is 12.7. The number of carbonyl (C=O) groups excluding carboxylic acids is 1. The maximum absolute atomic E-state index is 12.7. The lowest BCUT2D eigenvalue weighted by Crippen LogP contribution is -2.42. The fourth-order valence-corrected chi connectivity index (χ4v) is 2.75. The molecule has 1 fully saturated rings. The Bertz CT molecular complexity index is 567. The largest absolute Gasteiger partial charge is 0.293 e. The summed E-state index contributed by atoms with van der Waals surface area (Å²) in [7, 11) is 1.84. The van der Waals surface area contributed by atoms with E-state index in [4.69, 9.17) is 0 Å². The lowest BCUT2D eigenvalue weighted by Gasteiger charge is -2.40. The molecule has 3 nitrogen and oxygen atoms in total. The highest BCUT2D eigenvalue weighted by Gasteiger charge is 2.45. The molecule has 1 aromatic heterocycles. The molecule has 1 aliphatic rings. The molecule has 1 aliphatic carbocycles. The maximum atomic E-state index is 12.7. The number of hydrogen-bond acceptors (Lipinski definition) is 2. The highest BCUT2D eigenvalue weighted by molar-refractivity contribution is 6.04. The van der Waals surface area contributed by atoms with Gasteiger partial charge in [0.1, 0.15) is 0 Å². The van der Waals surface area contributed by atoms with E-state index >= 15 is 0 Å². The van der Waals surface area contributed by atoms with Gasteiger partial charge in [-0.2, -0.15) is 5.10 Å². The second-order valence-corrected chi connectivity index (χ2v) is 5.03. The van der Waals surface area contributed by atoms with E-state index in [9.17, 15) is 4.79 Å². The van der Waals surface area contributed by atoms with E-state index < -0.39 is 0 Å². The van der Waals surface area contributed by atoms with Crippen molar-refractivity contribution in [3.63, 3.8) is 0 Å². The van der Waals surface area contributed by atoms with Crippen LogP contribution in [0.25, 0.3) is 0 Å². The van der Waals surface area contributed by atoms with Crippen molar-refractivity contribution in [3.8, 4) is 0 Å². The molecule has 0 aliphatic heterocycles. The van der Waals surface area contributed by atoms with Crippen molar-refractivity contribution in [3.05, 3.63) is 53.9 Å². The summed E-state index contributed by atoms with van der Waals surface area (Å²) in [5, 5.41) is 4.10. The van der Waals surface area contributed by atoms with Gasteiger partial charge in [0.15, 0.2) is 5.78 Å². The number of ketones is 1. The Hall–Kier alpha value is -1.90. The Labute approximate surface area is 106 Å². The average Bonchev–Trinajstić information content (AvgIpc) is 2.76. The minimum atomic E-state index is -0.301. The van der Waals surface area contributed by atoms with E-state index in [-0.39, 0.29) is 11.2 Å². The Kier molecular flexibility index (Phi) is 2.54. The third kappa shape index (κ3) is 1.58. The smallest absolute Gasteiger partial charge is 0.176 e. The van der Waals surface area contributed by atoms with E-state index in [0.29, 0.717) is 0 Å². The first-order valence-electron chi connectivity index (χ1n) is 6.31. The Morgan fingerprint density at radius 3 is 2.50 bits per heavy atom. The summed E-state index contributed by atoms with van der Waals surface area (Å²) in [6, 6.07) is 10.1. The highest BCUT2D eigenvalue weighted by atomic mass is 16.1. The minimum Gasteiger partial charge on any atom is -0.293 e. The summed E-state index contributed by atoms with van der Waals surface area (Å²) < 4.78 is 1.69. The zero-order chi connectivity index (χ0) is 12.6. The van der Waals surface area contributed by atoms with Crippen LogP contribution in [0.1, 0.15) is 35.2 Å². The third-order valence-electron chi connectivity index (χ3n) is 3.94. The van der Waals surface area contributed by atoms with Crippen LogP contribution in [0.5, 0.6) is 0 Å². The van der Waals surface area contributed by atoms with Crippen LogP contribution in [0.15, 0.2) is 42.7 Å². The van der Waals surface area contributed by atoms with Crippen LogP contribution < -0.4 is 0 Å². The van der Waals surface area contributed by atoms with Gasteiger partial charge < -0.3 is 0 Å². The molecular weight excluding hydrogens is 224 g/mol. The molecule has 0 spiro atoms. The van der Waals surface area contributed by atoms with E-state index in [1.54, 1.807) is 10.9 Å². The van der Waals surface area contributed by atoms with Gasteiger partial charge in [0.05, 0.1) is 17.2 Å². The van der Waals surface area contributed by atoms with E-state index in [1.165, 1.54) is 0 Å². The molecule has 1 saturated carbocycles. The normalized spacial score (nSPS) is 17.2. The number of aromatic nitrogens is 2. The van der Waals surface area contributed by atoms with Gasteiger partial charge >= 0.3 is 0 Å². The second kappa shape index (κ2) is 4.09. The first kappa shape index (κ1) is 11.2. The monoisotopic (exact) mass is 240 g/mol. The van der Waals surface area contributed by atoms with Crippen molar-refractivity contribution in [1.29, 1.82) is 0 Å². The summed E-state index contributed by atoms with van der Waals surface area (Å²) in [6.07, 6.45) is 6.51. The van der Waals surface area contributed by atoms with E-state index in [2.05, 4.69) is 17.2 Å². The predicted molar refractivity (Wildman–Crippen MR) is 69.5 cm³/mol. The van der Waals surface area contributed by atoms with Crippen LogP contribution >= 0.6 is 0 Å². The number of carbonyl (C=O) groups is 1. The van der Waals surface area contributed by atoms with Gasteiger partial charge in [0.2, 0.25) is 0 Å². The van der Waals surface area contributed by atoms with Crippen LogP contribution in [-0.2, 0) is 12.5 Å². The van der Waals surface area contributed by atoms with Crippen LogP contribution in [-0.4, -0.2) is 15.6 Å². The van der Waals surface area contributed by atoms with Gasteiger partial charge in [0.25, 0.3) is 0 Å². The zero-order valence-electron chi connectivity index (χ0n) is 10.5. The van der Waals surface area contributed by atoms with E-state index in [1.807, 2.05) is 31.4 Å². The van der Waals surface area contributed by atoms with Crippen LogP contribution in [0.4, 0.5) is 0 Å². The molecule has 3 rings (SSSR count). The zero-order valence-corrected chi connectivity index (χ0v) is 10.5. The molecule has 92 valence electrons. The van der Waals surface area contributed by atoms with Crippen molar-refractivity contribution < 1.29 is 4.79 Å².